The average molecular weight is 302 g/mol. The molecule has 1 aromatic carbocycles. The summed E-state index contributed by atoms with van der Waals surface area (Å²) in [6.07, 6.45) is 1.07. The van der Waals surface area contributed by atoms with E-state index in [9.17, 15) is 0 Å². The van der Waals surface area contributed by atoms with Crippen molar-refractivity contribution in [1.29, 1.82) is 0 Å². The number of halogens is 1. The number of para-hydroxylation sites is 1. The lowest BCUT2D eigenvalue weighted by Gasteiger charge is -2.20. The first-order valence-corrected chi connectivity index (χ1v) is 7.82. The molecular formula is C17H32ClNO. The third-order valence-corrected chi connectivity index (χ3v) is 3.38. The van der Waals surface area contributed by atoms with E-state index in [2.05, 4.69) is 32.8 Å². The maximum absolute atomic E-state index is 6.03. The molecule has 20 heavy (non-hydrogen) atoms. The first-order chi connectivity index (χ1) is 9.51. The van der Waals surface area contributed by atoms with Crippen molar-refractivity contribution in [2.75, 3.05) is 27.7 Å². The second kappa shape index (κ2) is 14.7. The van der Waals surface area contributed by atoms with Crippen LogP contribution in [0.3, 0.4) is 0 Å². The maximum Gasteiger partial charge on any atom is 0.118 e. The summed E-state index contributed by atoms with van der Waals surface area (Å²) in [6.45, 7) is 9.41. The van der Waals surface area contributed by atoms with Gasteiger partial charge in [-0.05, 0) is 38.6 Å². The molecule has 0 aliphatic heterocycles. The van der Waals surface area contributed by atoms with E-state index >= 15 is 0 Å². The molecule has 0 amide bonds. The molecule has 2 nitrogen and oxygen atoms in total. The Morgan fingerprint density at radius 1 is 1.15 bits per heavy atom. The number of hydrogen-bond acceptors (Lipinski definition) is 2. The molecule has 0 spiro atoms. The number of hydrogen-bond donors (Lipinski definition) is 0. The van der Waals surface area contributed by atoms with Crippen LogP contribution in [0.2, 0.25) is 0 Å². The van der Waals surface area contributed by atoms with E-state index in [0.29, 0.717) is 11.3 Å². The lowest BCUT2D eigenvalue weighted by molar-refractivity contribution is 0.329. The fraction of sp³-hybridized carbons (Fsp3) is 0.647. The number of methoxy groups -OCH3 is 1. The van der Waals surface area contributed by atoms with Crippen LogP contribution in [-0.2, 0) is 0 Å². The molecule has 0 N–H and O–H groups in total. The van der Waals surface area contributed by atoms with Gasteiger partial charge >= 0.3 is 0 Å². The number of ether oxygens (including phenoxy) is 1. The molecule has 0 aliphatic carbocycles. The molecule has 0 aliphatic rings. The molecular weight excluding hydrogens is 270 g/mol. The van der Waals surface area contributed by atoms with Gasteiger partial charge in [-0.1, -0.05) is 45.9 Å². The Morgan fingerprint density at radius 2 is 1.65 bits per heavy atom. The minimum absolute atomic E-state index is 0.336. The van der Waals surface area contributed by atoms with Gasteiger partial charge in [0.15, 0.2) is 0 Å². The van der Waals surface area contributed by atoms with Gasteiger partial charge in [0.1, 0.15) is 5.75 Å². The van der Waals surface area contributed by atoms with Crippen LogP contribution < -0.4 is 4.74 Å². The smallest absolute Gasteiger partial charge is 0.118 e. The largest absolute Gasteiger partial charge is 0.497 e. The fourth-order valence-electron chi connectivity index (χ4n) is 1.65. The van der Waals surface area contributed by atoms with E-state index in [1.165, 1.54) is 0 Å². The number of benzene rings is 1. The van der Waals surface area contributed by atoms with Crippen molar-refractivity contribution in [3.63, 3.8) is 0 Å². The summed E-state index contributed by atoms with van der Waals surface area (Å²) in [7, 11) is 5.82. The topological polar surface area (TPSA) is 12.5 Å². The molecule has 0 saturated carbocycles. The third kappa shape index (κ3) is 12.3. The average Bonchev–Trinajstić information content (AvgIpc) is 2.49. The van der Waals surface area contributed by atoms with Gasteiger partial charge in [-0.2, -0.15) is 0 Å². The Balaban J connectivity index is 0. The Morgan fingerprint density at radius 3 is 1.95 bits per heavy atom. The van der Waals surface area contributed by atoms with E-state index < -0.39 is 0 Å². The predicted molar refractivity (Wildman–Crippen MR) is 92.0 cm³/mol. The molecule has 0 fully saturated rings. The Labute approximate surface area is 131 Å². The molecule has 0 bridgehead atoms. The van der Waals surface area contributed by atoms with Gasteiger partial charge in [-0.3, -0.25) is 0 Å². The molecule has 1 rings (SSSR count). The zero-order chi connectivity index (χ0) is 16.0. The minimum atomic E-state index is 0.336. The van der Waals surface area contributed by atoms with Crippen LogP contribution in [0.15, 0.2) is 30.3 Å². The van der Waals surface area contributed by atoms with Gasteiger partial charge in [0.2, 0.25) is 0 Å². The van der Waals surface area contributed by atoms with Crippen LogP contribution in [0.5, 0.6) is 5.75 Å². The van der Waals surface area contributed by atoms with Crippen molar-refractivity contribution < 1.29 is 4.74 Å². The molecule has 0 saturated heterocycles. The van der Waals surface area contributed by atoms with E-state index in [1.54, 1.807) is 7.11 Å². The summed E-state index contributed by atoms with van der Waals surface area (Å²) in [4.78, 5) is 2.18. The Hall–Kier alpha value is -0.730. The van der Waals surface area contributed by atoms with Crippen molar-refractivity contribution >= 4 is 11.6 Å². The zero-order valence-corrected chi connectivity index (χ0v) is 14.9. The Kier molecular flexibility index (Phi) is 15.8. The molecule has 0 radical (unpaired) electrons. The van der Waals surface area contributed by atoms with Crippen LogP contribution in [0.4, 0.5) is 0 Å². The van der Waals surface area contributed by atoms with Crippen molar-refractivity contribution in [2.24, 2.45) is 5.92 Å². The van der Waals surface area contributed by atoms with E-state index in [4.69, 9.17) is 16.3 Å². The Bertz CT molecular complexity index is 290. The van der Waals surface area contributed by atoms with E-state index in [-0.39, 0.29) is 0 Å². The first-order valence-electron chi connectivity index (χ1n) is 7.39. The van der Waals surface area contributed by atoms with Crippen LogP contribution >= 0.6 is 11.6 Å². The summed E-state index contributed by atoms with van der Waals surface area (Å²) in [5.41, 5.74) is 0. The molecule has 2 atom stereocenters. The maximum atomic E-state index is 6.03. The monoisotopic (exact) mass is 301 g/mol. The lowest BCUT2D eigenvalue weighted by atomic mass is 10.1. The van der Waals surface area contributed by atoms with Crippen molar-refractivity contribution in [2.45, 2.75) is 39.5 Å². The number of rotatable bonds is 5. The van der Waals surface area contributed by atoms with Crippen molar-refractivity contribution in [1.82, 2.24) is 4.90 Å². The first kappa shape index (κ1) is 21.6. The second-order valence-electron chi connectivity index (χ2n) is 4.68. The summed E-state index contributed by atoms with van der Waals surface area (Å²) < 4.78 is 4.91. The molecule has 2 unspecified atom stereocenters. The van der Waals surface area contributed by atoms with Gasteiger partial charge in [0.05, 0.1) is 7.11 Å². The zero-order valence-electron chi connectivity index (χ0n) is 14.2. The molecule has 0 aromatic heterocycles. The van der Waals surface area contributed by atoms with Crippen molar-refractivity contribution in [3.05, 3.63) is 30.3 Å². The van der Waals surface area contributed by atoms with E-state index in [1.807, 2.05) is 44.2 Å². The minimum Gasteiger partial charge on any atom is -0.497 e. The quantitative estimate of drug-likeness (QED) is 0.716. The third-order valence-electron chi connectivity index (χ3n) is 2.64. The van der Waals surface area contributed by atoms with Gasteiger partial charge in [0.25, 0.3) is 0 Å². The standard InChI is InChI=1S/C8H18ClN.C7H8O.C2H6/c1-5-8(9)7(2)6-10(3)4;1-8-7-5-3-2-4-6-7;1-2/h7-8H,5-6H2,1-4H3;2-6H,1H3;1-2H3. The van der Waals surface area contributed by atoms with Crippen molar-refractivity contribution in [3.8, 4) is 5.75 Å². The van der Waals surface area contributed by atoms with Gasteiger partial charge < -0.3 is 9.64 Å². The van der Waals surface area contributed by atoms with Gasteiger partial charge in [-0.25, -0.2) is 0 Å². The summed E-state index contributed by atoms with van der Waals surface area (Å²) in [6, 6.07) is 9.68. The highest BCUT2D eigenvalue weighted by Crippen LogP contribution is 2.13. The van der Waals surface area contributed by atoms with Crippen LogP contribution in [0.25, 0.3) is 0 Å². The molecule has 118 valence electrons. The lowest BCUT2D eigenvalue weighted by Crippen LogP contribution is -2.25. The second-order valence-corrected chi connectivity index (χ2v) is 5.24. The van der Waals surface area contributed by atoms with Gasteiger partial charge in [0, 0.05) is 11.9 Å². The van der Waals surface area contributed by atoms with E-state index in [0.717, 1.165) is 18.7 Å². The number of nitrogens with zero attached hydrogens (tertiary/aromatic N) is 1. The predicted octanol–water partition coefficient (Wildman–Crippen LogP) is 4.92. The normalized spacial score (nSPS) is 12.4. The molecule has 1 aromatic rings. The van der Waals surface area contributed by atoms with Crippen LogP contribution in [0.1, 0.15) is 34.1 Å². The molecule has 3 heteroatoms. The summed E-state index contributed by atoms with van der Waals surface area (Å²) in [5, 5.41) is 0.336. The molecule has 0 heterocycles. The van der Waals surface area contributed by atoms with Crippen LogP contribution in [-0.4, -0.2) is 38.0 Å². The fourth-order valence-corrected chi connectivity index (χ4v) is 1.73. The number of alkyl halides is 1. The van der Waals surface area contributed by atoms with Crippen LogP contribution in [0, 0.1) is 5.92 Å². The summed E-state index contributed by atoms with van der Waals surface area (Å²) in [5.74, 6) is 1.51. The summed E-state index contributed by atoms with van der Waals surface area (Å²) >= 11 is 6.03. The van der Waals surface area contributed by atoms with Gasteiger partial charge in [-0.15, -0.1) is 11.6 Å². The highest BCUT2D eigenvalue weighted by molar-refractivity contribution is 6.20. The SMILES string of the molecule is CC.CCC(Cl)C(C)CN(C)C.COc1ccccc1. The highest BCUT2D eigenvalue weighted by atomic mass is 35.5. The highest BCUT2D eigenvalue weighted by Gasteiger charge is 2.12.